The van der Waals surface area contributed by atoms with E-state index in [0.29, 0.717) is 0 Å². The number of aliphatic carboxylic acids is 1. The molecule has 0 radical (unpaired) electrons. The Morgan fingerprint density at radius 3 is 2.40 bits per heavy atom. The molecule has 0 spiro atoms. The highest BCUT2D eigenvalue weighted by Crippen LogP contribution is 2.53. The highest BCUT2D eigenvalue weighted by atomic mass is 16.4. The minimum Gasteiger partial charge on any atom is -0.479 e. The standard InChI is InChI=1S/C12H20O3/c13-10(11(14)15)12(7-8-12)6-5-9-3-1-2-4-9/h9-10,13H,1-8H2,(H,14,15). The molecule has 1 unspecified atom stereocenters. The summed E-state index contributed by atoms with van der Waals surface area (Å²) in [4.78, 5) is 10.7. The third-order valence-corrected chi connectivity index (χ3v) is 4.23. The molecule has 0 aromatic rings. The summed E-state index contributed by atoms with van der Waals surface area (Å²) in [6.07, 6.45) is 7.96. The molecular weight excluding hydrogens is 192 g/mol. The molecule has 0 heterocycles. The van der Waals surface area contributed by atoms with E-state index in [-0.39, 0.29) is 5.41 Å². The van der Waals surface area contributed by atoms with Crippen LogP contribution in [0.2, 0.25) is 0 Å². The van der Waals surface area contributed by atoms with Gasteiger partial charge in [0.25, 0.3) is 0 Å². The monoisotopic (exact) mass is 212 g/mol. The van der Waals surface area contributed by atoms with Gasteiger partial charge >= 0.3 is 5.97 Å². The number of carboxylic acid groups (broad SMARTS) is 1. The Bertz CT molecular complexity index is 239. The van der Waals surface area contributed by atoms with Crippen LogP contribution in [0.25, 0.3) is 0 Å². The van der Waals surface area contributed by atoms with Crippen molar-refractivity contribution < 1.29 is 15.0 Å². The van der Waals surface area contributed by atoms with Crippen molar-refractivity contribution in [3.05, 3.63) is 0 Å². The molecule has 1 atom stereocenters. The molecule has 86 valence electrons. The van der Waals surface area contributed by atoms with Gasteiger partial charge in [-0.25, -0.2) is 4.79 Å². The Hall–Kier alpha value is -0.570. The molecule has 2 saturated carbocycles. The van der Waals surface area contributed by atoms with Crippen molar-refractivity contribution in [1.29, 1.82) is 0 Å². The molecule has 2 aliphatic carbocycles. The van der Waals surface area contributed by atoms with Crippen LogP contribution in [0.5, 0.6) is 0 Å². The smallest absolute Gasteiger partial charge is 0.333 e. The quantitative estimate of drug-likeness (QED) is 0.734. The van der Waals surface area contributed by atoms with Crippen LogP contribution in [0.4, 0.5) is 0 Å². The average Bonchev–Trinajstić information content (AvgIpc) is 2.82. The van der Waals surface area contributed by atoms with Gasteiger partial charge in [-0.1, -0.05) is 25.7 Å². The number of carboxylic acids is 1. The molecule has 0 aromatic carbocycles. The molecule has 15 heavy (non-hydrogen) atoms. The van der Waals surface area contributed by atoms with E-state index in [1.165, 1.54) is 25.7 Å². The summed E-state index contributed by atoms with van der Waals surface area (Å²) in [7, 11) is 0. The minimum absolute atomic E-state index is 0.256. The van der Waals surface area contributed by atoms with E-state index >= 15 is 0 Å². The van der Waals surface area contributed by atoms with Crippen LogP contribution < -0.4 is 0 Å². The van der Waals surface area contributed by atoms with Crippen molar-refractivity contribution in [3.8, 4) is 0 Å². The van der Waals surface area contributed by atoms with Crippen LogP contribution in [0, 0.1) is 11.3 Å². The van der Waals surface area contributed by atoms with Crippen molar-refractivity contribution in [1.82, 2.24) is 0 Å². The molecule has 0 aliphatic heterocycles. The molecule has 3 nitrogen and oxygen atoms in total. The van der Waals surface area contributed by atoms with Gasteiger partial charge in [-0.3, -0.25) is 0 Å². The largest absolute Gasteiger partial charge is 0.479 e. The Labute approximate surface area is 90.5 Å². The molecule has 0 aromatic heterocycles. The SMILES string of the molecule is O=C(O)C(O)C1(CCC2CCCC2)CC1. The zero-order valence-corrected chi connectivity index (χ0v) is 9.11. The van der Waals surface area contributed by atoms with Crippen molar-refractivity contribution in [2.24, 2.45) is 11.3 Å². The zero-order chi connectivity index (χ0) is 10.9. The first-order valence-corrected chi connectivity index (χ1v) is 6.05. The first-order valence-electron chi connectivity index (χ1n) is 6.05. The van der Waals surface area contributed by atoms with Gasteiger partial charge in [-0.15, -0.1) is 0 Å². The predicted molar refractivity (Wildman–Crippen MR) is 56.5 cm³/mol. The van der Waals surface area contributed by atoms with Crippen molar-refractivity contribution in [3.63, 3.8) is 0 Å². The molecule has 3 heteroatoms. The summed E-state index contributed by atoms with van der Waals surface area (Å²) in [5.41, 5.74) is -0.256. The summed E-state index contributed by atoms with van der Waals surface area (Å²) in [5.74, 6) is -0.248. The summed E-state index contributed by atoms with van der Waals surface area (Å²) < 4.78 is 0. The minimum atomic E-state index is -1.13. The second-order valence-corrected chi connectivity index (χ2v) is 5.29. The molecule has 2 rings (SSSR count). The molecule has 2 fully saturated rings. The van der Waals surface area contributed by atoms with Gasteiger partial charge in [0.2, 0.25) is 0 Å². The van der Waals surface area contributed by atoms with Gasteiger partial charge in [-0.2, -0.15) is 0 Å². The van der Waals surface area contributed by atoms with Gasteiger partial charge < -0.3 is 10.2 Å². The van der Waals surface area contributed by atoms with Crippen LogP contribution in [-0.2, 0) is 4.79 Å². The fraction of sp³-hybridized carbons (Fsp3) is 0.917. The third kappa shape index (κ3) is 2.33. The van der Waals surface area contributed by atoms with Gasteiger partial charge in [0, 0.05) is 5.41 Å². The number of carbonyl (C=O) groups is 1. The summed E-state index contributed by atoms with van der Waals surface area (Å²) >= 11 is 0. The maximum Gasteiger partial charge on any atom is 0.333 e. The lowest BCUT2D eigenvalue weighted by atomic mass is 9.88. The fourth-order valence-corrected chi connectivity index (χ4v) is 2.87. The summed E-state index contributed by atoms with van der Waals surface area (Å²) in [5, 5.41) is 18.4. The van der Waals surface area contributed by atoms with Crippen LogP contribution in [0.3, 0.4) is 0 Å². The maximum absolute atomic E-state index is 10.7. The molecule has 0 bridgehead atoms. The molecule has 2 aliphatic rings. The average molecular weight is 212 g/mol. The number of hydrogen-bond acceptors (Lipinski definition) is 2. The van der Waals surface area contributed by atoms with Crippen LogP contribution in [-0.4, -0.2) is 22.3 Å². The van der Waals surface area contributed by atoms with Crippen LogP contribution >= 0.6 is 0 Å². The van der Waals surface area contributed by atoms with Crippen molar-refractivity contribution in [2.45, 2.75) is 57.5 Å². The Balaban J connectivity index is 1.80. The van der Waals surface area contributed by atoms with Crippen molar-refractivity contribution in [2.75, 3.05) is 0 Å². The first-order chi connectivity index (χ1) is 7.14. The Morgan fingerprint density at radius 2 is 1.93 bits per heavy atom. The maximum atomic E-state index is 10.7. The van der Waals surface area contributed by atoms with E-state index in [4.69, 9.17) is 5.11 Å². The number of rotatable bonds is 5. The number of hydrogen-bond donors (Lipinski definition) is 2. The fourth-order valence-electron chi connectivity index (χ4n) is 2.87. The Morgan fingerprint density at radius 1 is 1.33 bits per heavy atom. The summed E-state index contributed by atoms with van der Waals surface area (Å²) in [6, 6.07) is 0. The molecule has 0 amide bonds. The van der Waals surface area contributed by atoms with Gasteiger partial charge in [-0.05, 0) is 31.6 Å². The predicted octanol–water partition coefficient (Wildman–Crippen LogP) is 2.18. The van der Waals surface area contributed by atoms with E-state index in [2.05, 4.69) is 0 Å². The van der Waals surface area contributed by atoms with Crippen LogP contribution in [0.15, 0.2) is 0 Å². The lowest BCUT2D eigenvalue weighted by molar-refractivity contribution is -0.150. The topological polar surface area (TPSA) is 57.5 Å². The molecule has 0 saturated heterocycles. The Kier molecular flexibility index (Phi) is 3.01. The summed E-state index contributed by atoms with van der Waals surface area (Å²) in [6.45, 7) is 0. The molecule has 2 N–H and O–H groups in total. The van der Waals surface area contributed by atoms with Crippen molar-refractivity contribution >= 4 is 5.97 Å². The van der Waals surface area contributed by atoms with Gasteiger partial charge in [0.1, 0.15) is 0 Å². The van der Waals surface area contributed by atoms with E-state index in [1.54, 1.807) is 0 Å². The lowest BCUT2D eigenvalue weighted by Crippen LogP contribution is -2.31. The lowest BCUT2D eigenvalue weighted by Gasteiger charge is -2.20. The van der Waals surface area contributed by atoms with Gasteiger partial charge in [0.15, 0.2) is 6.10 Å². The van der Waals surface area contributed by atoms with Gasteiger partial charge in [0.05, 0.1) is 0 Å². The third-order valence-electron chi connectivity index (χ3n) is 4.23. The highest BCUT2D eigenvalue weighted by molar-refractivity contribution is 5.73. The van der Waals surface area contributed by atoms with E-state index in [1.807, 2.05) is 0 Å². The van der Waals surface area contributed by atoms with E-state index in [9.17, 15) is 9.90 Å². The second kappa shape index (κ2) is 4.12. The first kappa shape index (κ1) is 10.9. The van der Waals surface area contributed by atoms with E-state index in [0.717, 1.165) is 31.6 Å². The normalized spacial score (nSPS) is 26.5. The van der Waals surface area contributed by atoms with Crippen LogP contribution in [0.1, 0.15) is 51.4 Å². The van der Waals surface area contributed by atoms with E-state index < -0.39 is 12.1 Å². The highest BCUT2D eigenvalue weighted by Gasteiger charge is 2.51. The number of aliphatic hydroxyl groups is 1. The molecular formula is C12H20O3. The second-order valence-electron chi connectivity index (χ2n) is 5.29. The number of aliphatic hydroxyl groups excluding tert-OH is 1. The zero-order valence-electron chi connectivity index (χ0n) is 9.11.